The Bertz CT molecular complexity index is 1360. The number of hydrogen-bond acceptors (Lipinski definition) is 6. The number of aromatic nitrogens is 2. The Morgan fingerprint density at radius 1 is 0.902 bits per heavy atom. The molecule has 3 rings (SSSR count). The van der Waals surface area contributed by atoms with Gasteiger partial charge in [-0.05, 0) is 70.3 Å². The van der Waals surface area contributed by atoms with Gasteiger partial charge >= 0.3 is 18.4 Å². The molecule has 1 amide bonds. The standard InChI is InChI=1S/C28H30F6N4O3/c1-17-9-7-8-10-22(17)41-23-21(16-35-25(36-23)40-12-11-37(4)5)24(39)38(6)26(2,3)18-13-19(27(29,30)31)15-20(14-18)28(32,33)34/h7-10,13-16H,11-12H2,1-6H3. The largest absolute Gasteiger partial charge is 0.462 e. The van der Waals surface area contributed by atoms with Gasteiger partial charge in [0.2, 0.25) is 5.88 Å². The zero-order valence-electron chi connectivity index (χ0n) is 23.3. The van der Waals surface area contributed by atoms with Crippen molar-refractivity contribution in [1.82, 2.24) is 19.8 Å². The number of nitrogens with zero attached hydrogens (tertiary/aromatic N) is 4. The maximum Gasteiger partial charge on any atom is 0.416 e. The third-order valence-corrected chi connectivity index (χ3v) is 6.47. The summed E-state index contributed by atoms with van der Waals surface area (Å²) in [5.41, 5.74) is -4.44. The van der Waals surface area contributed by atoms with Gasteiger partial charge in [-0.15, -0.1) is 0 Å². The number of benzene rings is 2. The Morgan fingerprint density at radius 2 is 1.46 bits per heavy atom. The number of amides is 1. The quantitative estimate of drug-likeness (QED) is 0.266. The van der Waals surface area contributed by atoms with Gasteiger partial charge in [0, 0.05) is 13.6 Å². The van der Waals surface area contributed by atoms with Gasteiger partial charge < -0.3 is 19.3 Å². The first-order valence-electron chi connectivity index (χ1n) is 12.4. The Hall–Kier alpha value is -3.87. The van der Waals surface area contributed by atoms with Crippen molar-refractivity contribution in [3.05, 3.63) is 76.5 Å². The van der Waals surface area contributed by atoms with E-state index >= 15 is 0 Å². The van der Waals surface area contributed by atoms with Crippen molar-refractivity contribution >= 4 is 5.91 Å². The second-order valence-corrected chi connectivity index (χ2v) is 10.1. The molecule has 222 valence electrons. The lowest BCUT2D eigenvalue weighted by molar-refractivity contribution is -0.143. The monoisotopic (exact) mass is 584 g/mol. The average Bonchev–Trinajstić information content (AvgIpc) is 2.88. The zero-order chi connectivity index (χ0) is 30.8. The van der Waals surface area contributed by atoms with Gasteiger partial charge in [0.1, 0.15) is 17.9 Å². The van der Waals surface area contributed by atoms with E-state index in [1.54, 1.807) is 31.2 Å². The minimum Gasteiger partial charge on any atom is -0.462 e. The van der Waals surface area contributed by atoms with Crippen LogP contribution in [0.5, 0.6) is 17.6 Å². The molecule has 0 aliphatic rings. The summed E-state index contributed by atoms with van der Waals surface area (Å²) in [6.45, 7) is 5.22. The van der Waals surface area contributed by atoms with E-state index in [-0.39, 0.29) is 35.7 Å². The molecule has 0 radical (unpaired) electrons. The van der Waals surface area contributed by atoms with Crippen molar-refractivity contribution in [3.8, 4) is 17.6 Å². The summed E-state index contributed by atoms with van der Waals surface area (Å²) in [5.74, 6) is -0.625. The van der Waals surface area contributed by atoms with Crippen LogP contribution in [0.1, 0.15) is 46.5 Å². The number of hydrogen-bond donors (Lipinski definition) is 0. The van der Waals surface area contributed by atoms with Gasteiger partial charge in [0.15, 0.2) is 0 Å². The normalized spacial score (nSPS) is 12.4. The minimum absolute atomic E-state index is 0.0401. The van der Waals surface area contributed by atoms with E-state index in [2.05, 4.69) is 9.97 Å². The predicted octanol–water partition coefficient (Wildman–Crippen LogP) is 6.56. The molecule has 7 nitrogen and oxygen atoms in total. The van der Waals surface area contributed by atoms with Crippen LogP contribution < -0.4 is 9.47 Å². The molecule has 0 aliphatic carbocycles. The highest BCUT2D eigenvalue weighted by atomic mass is 19.4. The molecule has 0 fully saturated rings. The van der Waals surface area contributed by atoms with Crippen LogP contribution in [0.25, 0.3) is 0 Å². The van der Waals surface area contributed by atoms with E-state index in [4.69, 9.17) is 9.47 Å². The highest BCUT2D eigenvalue weighted by Gasteiger charge is 2.40. The van der Waals surface area contributed by atoms with Crippen LogP contribution in [0, 0.1) is 6.92 Å². The van der Waals surface area contributed by atoms with Crippen LogP contribution in [0.4, 0.5) is 26.3 Å². The topological polar surface area (TPSA) is 67.8 Å². The molecule has 0 unspecified atom stereocenters. The fourth-order valence-corrected chi connectivity index (χ4v) is 3.68. The van der Waals surface area contributed by atoms with Gasteiger partial charge in [-0.3, -0.25) is 4.79 Å². The molecule has 13 heteroatoms. The van der Waals surface area contributed by atoms with Crippen LogP contribution in [0.3, 0.4) is 0 Å². The summed E-state index contributed by atoms with van der Waals surface area (Å²) < 4.78 is 92.6. The van der Waals surface area contributed by atoms with E-state index in [1.807, 2.05) is 19.0 Å². The first-order valence-corrected chi connectivity index (χ1v) is 12.4. The number of ether oxygens (including phenoxy) is 2. The molecule has 0 bridgehead atoms. The van der Waals surface area contributed by atoms with Crippen molar-refractivity contribution in [1.29, 1.82) is 0 Å². The van der Waals surface area contributed by atoms with E-state index in [9.17, 15) is 31.1 Å². The second-order valence-electron chi connectivity index (χ2n) is 10.1. The van der Waals surface area contributed by atoms with E-state index < -0.39 is 34.9 Å². The maximum atomic E-state index is 13.7. The van der Waals surface area contributed by atoms with Crippen LogP contribution >= 0.6 is 0 Å². The number of aryl methyl sites for hydroxylation is 1. The number of likely N-dealkylation sites (N-methyl/N-ethyl adjacent to an activating group) is 1. The van der Waals surface area contributed by atoms with Crippen LogP contribution in [0.15, 0.2) is 48.7 Å². The zero-order valence-corrected chi connectivity index (χ0v) is 23.3. The summed E-state index contributed by atoms with van der Waals surface area (Å²) in [6.07, 6.45) is -8.94. The molecule has 0 atom stereocenters. The molecule has 0 N–H and O–H groups in total. The van der Waals surface area contributed by atoms with Crippen LogP contribution in [0.2, 0.25) is 0 Å². The number of alkyl halides is 6. The van der Waals surface area contributed by atoms with Crippen molar-refractivity contribution < 1.29 is 40.6 Å². The second kappa shape index (κ2) is 11.9. The van der Waals surface area contributed by atoms with Crippen molar-refractivity contribution in [2.24, 2.45) is 0 Å². The van der Waals surface area contributed by atoms with Crippen LogP contribution in [-0.4, -0.2) is 60.0 Å². The smallest absolute Gasteiger partial charge is 0.416 e. The average molecular weight is 585 g/mol. The summed E-state index contributed by atoms with van der Waals surface area (Å²) in [6, 6.07) is 8.07. The molecule has 2 aromatic carbocycles. The lowest BCUT2D eigenvalue weighted by atomic mass is 9.89. The highest BCUT2D eigenvalue weighted by Crippen LogP contribution is 2.40. The Kier molecular flexibility index (Phi) is 9.21. The van der Waals surface area contributed by atoms with Gasteiger partial charge in [0.05, 0.1) is 22.9 Å². The predicted molar refractivity (Wildman–Crippen MR) is 139 cm³/mol. The van der Waals surface area contributed by atoms with Gasteiger partial charge in [-0.2, -0.15) is 31.3 Å². The molecule has 0 aliphatic heterocycles. The lowest BCUT2D eigenvalue weighted by Crippen LogP contribution is -2.43. The fraction of sp³-hybridized carbons (Fsp3) is 0.393. The van der Waals surface area contributed by atoms with Gasteiger partial charge in [0.25, 0.3) is 5.91 Å². The van der Waals surface area contributed by atoms with E-state index in [0.29, 0.717) is 24.4 Å². The Morgan fingerprint density at radius 3 is 2.00 bits per heavy atom. The van der Waals surface area contributed by atoms with Crippen molar-refractivity contribution in [2.45, 2.75) is 38.7 Å². The Balaban J connectivity index is 2.05. The molecular formula is C28H30F6N4O3. The third kappa shape index (κ3) is 7.66. The van der Waals surface area contributed by atoms with E-state index in [1.165, 1.54) is 20.9 Å². The SMILES string of the molecule is Cc1ccccc1Oc1nc(OCCN(C)C)ncc1C(=O)N(C)C(C)(C)c1cc(C(F)(F)F)cc(C(F)(F)F)c1. The number of para-hydroxylation sites is 1. The molecule has 3 aromatic rings. The maximum absolute atomic E-state index is 13.7. The fourth-order valence-electron chi connectivity index (χ4n) is 3.68. The molecule has 0 spiro atoms. The first-order chi connectivity index (χ1) is 18.9. The minimum atomic E-state index is -5.04. The third-order valence-electron chi connectivity index (χ3n) is 6.47. The summed E-state index contributed by atoms with van der Waals surface area (Å²) >= 11 is 0. The molecule has 0 saturated heterocycles. The van der Waals surface area contributed by atoms with E-state index in [0.717, 1.165) is 16.7 Å². The Labute approximate surface area is 233 Å². The summed E-state index contributed by atoms with van der Waals surface area (Å²) in [4.78, 5) is 24.9. The van der Waals surface area contributed by atoms with Gasteiger partial charge in [-0.1, -0.05) is 18.2 Å². The molecule has 41 heavy (non-hydrogen) atoms. The number of halogens is 6. The number of rotatable bonds is 9. The summed E-state index contributed by atoms with van der Waals surface area (Å²) in [5, 5.41) is 0. The molecule has 1 heterocycles. The molecular weight excluding hydrogens is 554 g/mol. The lowest BCUT2D eigenvalue weighted by Gasteiger charge is -2.37. The van der Waals surface area contributed by atoms with Crippen molar-refractivity contribution in [2.75, 3.05) is 34.3 Å². The number of carbonyl (C=O) groups is 1. The first kappa shape index (κ1) is 31.7. The van der Waals surface area contributed by atoms with Crippen LogP contribution in [-0.2, 0) is 17.9 Å². The molecule has 1 aromatic heterocycles. The van der Waals surface area contributed by atoms with Gasteiger partial charge in [-0.25, -0.2) is 4.98 Å². The molecule has 0 saturated carbocycles. The number of carbonyl (C=O) groups excluding carboxylic acids is 1. The van der Waals surface area contributed by atoms with Crippen molar-refractivity contribution in [3.63, 3.8) is 0 Å². The highest BCUT2D eigenvalue weighted by molar-refractivity contribution is 5.96. The summed E-state index contributed by atoms with van der Waals surface area (Å²) in [7, 11) is 4.95.